The Morgan fingerprint density at radius 2 is 2.00 bits per heavy atom. The summed E-state index contributed by atoms with van der Waals surface area (Å²) < 4.78 is 39.9. The van der Waals surface area contributed by atoms with E-state index in [1.54, 1.807) is 20.8 Å². The van der Waals surface area contributed by atoms with E-state index in [0.717, 1.165) is 41.8 Å². The maximum absolute atomic E-state index is 14.7. The van der Waals surface area contributed by atoms with E-state index in [0.29, 0.717) is 19.5 Å². The molecule has 0 saturated heterocycles. The van der Waals surface area contributed by atoms with Crippen LogP contribution >= 0.6 is 0 Å². The number of hydroxylamine groups is 1. The van der Waals surface area contributed by atoms with Crippen molar-refractivity contribution in [1.29, 1.82) is 0 Å². The molecule has 1 aliphatic heterocycles. The van der Waals surface area contributed by atoms with Crippen LogP contribution in [0.3, 0.4) is 0 Å². The SMILES string of the molecule is CCC(=O)ONCc1ccc2c(c1)CCCN2c1noc(-c2c(F)cc(OC(C)C)cc2F)n1. The zero-order valence-electron chi connectivity index (χ0n) is 19.2. The van der Waals surface area contributed by atoms with Crippen molar-refractivity contribution in [2.45, 2.75) is 52.7 Å². The smallest absolute Gasteiger partial charge is 0.324 e. The number of nitrogens with zero attached hydrogens (tertiary/aromatic N) is 3. The molecule has 1 aromatic heterocycles. The summed E-state index contributed by atoms with van der Waals surface area (Å²) >= 11 is 0. The van der Waals surface area contributed by atoms with E-state index >= 15 is 0 Å². The molecule has 0 aliphatic carbocycles. The molecule has 0 bridgehead atoms. The highest BCUT2D eigenvalue weighted by Gasteiger charge is 2.26. The van der Waals surface area contributed by atoms with Gasteiger partial charge in [-0.1, -0.05) is 19.1 Å². The summed E-state index contributed by atoms with van der Waals surface area (Å²) in [5.74, 6) is -1.94. The van der Waals surface area contributed by atoms with Gasteiger partial charge in [-0.3, -0.25) is 4.79 Å². The Labute approximate surface area is 195 Å². The van der Waals surface area contributed by atoms with Crippen molar-refractivity contribution in [3.05, 3.63) is 53.1 Å². The van der Waals surface area contributed by atoms with Gasteiger partial charge < -0.3 is 19.0 Å². The molecular weight excluding hydrogens is 446 g/mol. The summed E-state index contributed by atoms with van der Waals surface area (Å²) in [5, 5.41) is 3.97. The second-order valence-corrected chi connectivity index (χ2v) is 8.20. The molecule has 34 heavy (non-hydrogen) atoms. The van der Waals surface area contributed by atoms with E-state index in [2.05, 4.69) is 15.6 Å². The van der Waals surface area contributed by atoms with Crippen molar-refractivity contribution < 1.29 is 27.7 Å². The Balaban J connectivity index is 1.54. The lowest BCUT2D eigenvalue weighted by Gasteiger charge is -2.28. The fraction of sp³-hybridized carbons (Fsp3) is 0.375. The molecule has 0 radical (unpaired) electrons. The summed E-state index contributed by atoms with van der Waals surface area (Å²) in [4.78, 5) is 22.3. The lowest BCUT2D eigenvalue weighted by molar-refractivity contribution is -0.151. The molecule has 180 valence electrons. The largest absolute Gasteiger partial charge is 0.491 e. The van der Waals surface area contributed by atoms with Crippen LogP contribution in [0.4, 0.5) is 20.4 Å². The van der Waals surface area contributed by atoms with Gasteiger partial charge in [-0.2, -0.15) is 4.98 Å². The molecule has 0 amide bonds. The van der Waals surface area contributed by atoms with E-state index in [1.165, 1.54) is 0 Å². The number of ether oxygens (including phenoxy) is 1. The van der Waals surface area contributed by atoms with Gasteiger partial charge in [-0.05, 0) is 49.0 Å². The van der Waals surface area contributed by atoms with Crippen molar-refractivity contribution >= 4 is 17.6 Å². The van der Waals surface area contributed by atoms with Gasteiger partial charge in [0.1, 0.15) is 22.9 Å². The van der Waals surface area contributed by atoms with E-state index in [-0.39, 0.29) is 29.7 Å². The number of benzene rings is 2. The predicted octanol–water partition coefficient (Wildman–Crippen LogP) is 4.84. The Kier molecular flexibility index (Phi) is 7.06. The summed E-state index contributed by atoms with van der Waals surface area (Å²) in [7, 11) is 0. The van der Waals surface area contributed by atoms with Crippen molar-refractivity contribution in [2.24, 2.45) is 0 Å². The number of nitrogens with one attached hydrogen (secondary N) is 1. The molecule has 1 aliphatic rings. The van der Waals surface area contributed by atoms with Gasteiger partial charge >= 0.3 is 5.97 Å². The molecule has 3 aromatic rings. The summed E-state index contributed by atoms with van der Waals surface area (Å²) in [5.41, 5.74) is 5.17. The summed E-state index contributed by atoms with van der Waals surface area (Å²) in [6.07, 6.45) is 1.76. The highest BCUT2D eigenvalue weighted by Crippen LogP contribution is 2.35. The molecule has 0 fully saturated rings. The van der Waals surface area contributed by atoms with E-state index in [4.69, 9.17) is 14.1 Å². The maximum Gasteiger partial charge on any atom is 0.324 e. The number of aryl methyl sites for hydroxylation is 1. The van der Waals surface area contributed by atoms with E-state index < -0.39 is 17.2 Å². The van der Waals surface area contributed by atoms with Crippen molar-refractivity contribution in [3.63, 3.8) is 0 Å². The van der Waals surface area contributed by atoms with Gasteiger partial charge in [0.2, 0.25) is 0 Å². The number of carbonyl (C=O) groups excluding carboxylic acids is 1. The first-order valence-electron chi connectivity index (χ1n) is 11.2. The third-order valence-electron chi connectivity index (χ3n) is 5.27. The fourth-order valence-electron chi connectivity index (χ4n) is 3.76. The summed E-state index contributed by atoms with van der Waals surface area (Å²) in [6.45, 7) is 6.26. The van der Waals surface area contributed by atoms with E-state index in [1.807, 2.05) is 23.1 Å². The van der Waals surface area contributed by atoms with Gasteiger partial charge in [0.15, 0.2) is 0 Å². The number of fused-ring (bicyclic) bond motifs is 1. The molecule has 0 saturated carbocycles. The molecule has 2 heterocycles. The third kappa shape index (κ3) is 5.17. The van der Waals surface area contributed by atoms with Crippen LogP contribution < -0.4 is 15.1 Å². The van der Waals surface area contributed by atoms with Crippen LogP contribution in [-0.2, 0) is 22.6 Å². The lowest BCUT2D eigenvalue weighted by atomic mass is 9.99. The molecule has 10 heteroatoms. The Morgan fingerprint density at radius 1 is 1.24 bits per heavy atom. The number of anilines is 2. The summed E-state index contributed by atoms with van der Waals surface area (Å²) in [6, 6.07) is 8.04. The first kappa shape index (κ1) is 23.6. The number of aromatic nitrogens is 2. The van der Waals surface area contributed by atoms with Gasteiger partial charge in [0, 0.05) is 30.8 Å². The standard InChI is InChI=1S/C24H26F2N4O4/c1-4-21(31)33-27-13-15-7-8-20-16(10-15)6-5-9-30(20)24-28-23(34-29-24)22-18(25)11-17(12-19(22)26)32-14(2)3/h7-8,10-12,14,27H,4-6,9,13H2,1-3H3. The molecule has 1 N–H and O–H groups in total. The van der Waals surface area contributed by atoms with Gasteiger partial charge in [-0.25, -0.2) is 8.78 Å². The number of halogens is 2. The minimum Gasteiger partial charge on any atom is -0.491 e. The first-order chi connectivity index (χ1) is 16.4. The first-order valence-corrected chi connectivity index (χ1v) is 11.2. The Hall–Kier alpha value is -3.53. The number of carbonyl (C=O) groups is 1. The van der Waals surface area contributed by atoms with Crippen LogP contribution in [0.15, 0.2) is 34.9 Å². The number of rotatable bonds is 8. The van der Waals surface area contributed by atoms with Crippen LogP contribution in [0.5, 0.6) is 5.75 Å². The quantitative estimate of drug-likeness (QED) is 0.466. The van der Waals surface area contributed by atoms with Crippen LogP contribution in [0.2, 0.25) is 0 Å². The van der Waals surface area contributed by atoms with Crippen LogP contribution in [0.1, 0.15) is 44.7 Å². The van der Waals surface area contributed by atoms with E-state index in [9.17, 15) is 13.6 Å². The zero-order chi connectivity index (χ0) is 24.2. The monoisotopic (exact) mass is 472 g/mol. The fourth-order valence-corrected chi connectivity index (χ4v) is 3.76. The molecule has 2 aromatic carbocycles. The predicted molar refractivity (Wildman–Crippen MR) is 120 cm³/mol. The number of hydrogen-bond donors (Lipinski definition) is 1. The average molecular weight is 472 g/mol. The Morgan fingerprint density at radius 3 is 2.71 bits per heavy atom. The molecule has 8 nitrogen and oxygen atoms in total. The van der Waals surface area contributed by atoms with Gasteiger partial charge in [0.25, 0.3) is 11.8 Å². The van der Waals surface area contributed by atoms with Crippen LogP contribution in [0, 0.1) is 11.6 Å². The second kappa shape index (κ2) is 10.2. The second-order valence-electron chi connectivity index (χ2n) is 8.20. The molecule has 4 rings (SSSR count). The minimum atomic E-state index is -0.842. The minimum absolute atomic E-state index is 0.0909. The van der Waals surface area contributed by atoms with Crippen molar-refractivity contribution in [2.75, 3.05) is 11.4 Å². The molecule has 0 spiro atoms. The lowest BCUT2D eigenvalue weighted by Crippen LogP contribution is -2.26. The topological polar surface area (TPSA) is 89.7 Å². The average Bonchev–Trinajstić information content (AvgIpc) is 3.27. The van der Waals surface area contributed by atoms with Crippen LogP contribution in [0.25, 0.3) is 11.5 Å². The van der Waals surface area contributed by atoms with Gasteiger partial charge in [0.05, 0.1) is 12.6 Å². The Bertz CT molecular complexity index is 1160. The normalized spacial score (nSPS) is 13.2. The molecule has 0 unspecified atom stereocenters. The van der Waals surface area contributed by atoms with Crippen molar-refractivity contribution in [1.82, 2.24) is 15.6 Å². The van der Waals surface area contributed by atoms with Crippen molar-refractivity contribution in [3.8, 4) is 17.2 Å². The molecular formula is C24H26F2N4O4. The van der Waals surface area contributed by atoms with Gasteiger partial charge in [-0.15, -0.1) is 5.48 Å². The third-order valence-corrected chi connectivity index (χ3v) is 5.27. The molecule has 0 atom stereocenters. The zero-order valence-corrected chi connectivity index (χ0v) is 19.2. The number of hydrogen-bond acceptors (Lipinski definition) is 8. The maximum atomic E-state index is 14.7. The highest BCUT2D eigenvalue weighted by atomic mass is 19.1. The van der Waals surface area contributed by atoms with Crippen LogP contribution in [-0.4, -0.2) is 28.8 Å². The highest BCUT2D eigenvalue weighted by molar-refractivity contribution is 5.68.